The van der Waals surface area contributed by atoms with Gasteiger partial charge in [-0.05, 0) is 42.9 Å². The predicted octanol–water partition coefficient (Wildman–Crippen LogP) is 3.65. The molecular weight excluding hydrogens is 450 g/mol. The molecule has 0 aromatic heterocycles. The number of urea groups is 1. The fourth-order valence-electron chi connectivity index (χ4n) is 5.19. The average molecular weight is 490 g/mol. The zero-order chi connectivity index (χ0) is 25.5. The molecular formula is C26H39N3O6. The topological polar surface area (TPSA) is 108 Å². The van der Waals surface area contributed by atoms with Gasteiger partial charge < -0.3 is 29.7 Å². The summed E-state index contributed by atoms with van der Waals surface area (Å²) in [6, 6.07) is 3.88. The number of benzene rings is 1. The quantitative estimate of drug-likeness (QED) is 0.548. The molecule has 0 spiro atoms. The van der Waals surface area contributed by atoms with Gasteiger partial charge in [0.2, 0.25) is 5.91 Å². The second-order valence-corrected chi connectivity index (χ2v) is 10.00. The van der Waals surface area contributed by atoms with Gasteiger partial charge in [-0.1, -0.05) is 39.2 Å². The SMILES string of the molecule is COc1ccc(CN2CC(CC(=O)O)N(C(=O)NC3CCCCC3)C(CC(C)C)C2=O)cc1OC. The van der Waals surface area contributed by atoms with Gasteiger partial charge in [0.05, 0.1) is 26.7 Å². The van der Waals surface area contributed by atoms with Gasteiger partial charge in [0.25, 0.3) is 0 Å². The number of amides is 3. The molecule has 3 amide bonds. The lowest BCUT2D eigenvalue weighted by atomic mass is 9.94. The molecule has 1 saturated heterocycles. The highest BCUT2D eigenvalue weighted by atomic mass is 16.5. The van der Waals surface area contributed by atoms with E-state index in [2.05, 4.69) is 5.32 Å². The Hall–Kier alpha value is -2.97. The first-order chi connectivity index (χ1) is 16.7. The average Bonchev–Trinajstić information content (AvgIpc) is 2.81. The Kier molecular flexibility index (Phi) is 9.23. The number of piperazine rings is 1. The van der Waals surface area contributed by atoms with E-state index >= 15 is 0 Å². The summed E-state index contributed by atoms with van der Waals surface area (Å²) in [6.45, 7) is 4.46. The summed E-state index contributed by atoms with van der Waals surface area (Å²) in [5, 5.41) is 12.7. The van der Waals surface area contributed by atoms with E-state index < -0.39 is 18.1 Å². The van der Waals surface area contributed by atoms with Crippen LogP contribution in [0.4, 0.5) is 4.79 Å². The number of rotatable bonds is 9. The van der Waals surface area contributed by atoms with Crippen LogP contribution in [0.1, 0.15) is 64.4 Å². The van der Waals surface area contributed by atoms with E-state index in [4.69, 9.17) is 9.47 Å². The minimum absolute atomic E-state index is 0.0707. The third-order valence-electron chi connectivity index (χ3n) is 6.85. The lowest BCUT2D eigenvalue weighted by Gasteiger charge is -2.46. The third-order valence-corrected chi connectivity index (χ3v) is 6.85. The predicted molar refractivity (Wildman–Crippen MR) is 131 cm³/mol. The van der Waals surface area contributed by atoms with E-state index in [1.165, 1.54) is 4.90 Å². The van der Waals surface area contributed by atoms with Crippen molar-refractivity contribution in [2.24, 2.45) is 5.92 Å². The highest BCUT2D eigenvalue weighted by Gasteiger charge is 2.44. The summed E-state index contributed by atoms with van der Waals surface area (Å²) in [4.78, 5) is 42.1. The Morgan fingerprint density at radius 2 is 1.80 bits per heavy atom. The van der Waals surface area contributed by atoms with Crippen LogP contribution in [0.5, 0.6) is 11.5 Å². The summed E-state index contributed by atoms with van der Waals surface area (Å²) < 4.78 is 10.7. The smallest absolute Gasteiger partial charge is 0.318 e. The summed E-state index contributed by atoms with van der Waals surface area (Å²) in [5.74, 6) is 0.153. The second-order valence-electron chi connectivity index (χ2n) is 10.00. The van der Waals surface area contributed by atoms with Crippen LogP contribution in [0.3, 0.4) is 0 Å². The number of nitrogens with zero attached hydrogens (tertiary/aromatic N) is 2. The van der Waals surface area contributed by atoms with Gasteiger partial charge in [0, 0.05) is 19.1 Å². The van der Waals surface area contributed by atoms with Gasteiger partial charge in [-0.15, -0.1) is 0 Å². The van der Waals surface area contributed by atoms with Crippen molar-refractivity contribution in [3.63, 3.8) is 0 Å². The van der Waals surface area contributed by atoms with Crippen LogP contribution in [0.2, 0.25) is 0 Å². The van der Waals surface area contributed by atoms with Crippen LogP contribution >= 0.6 is 0 Å². The first-order valence-corrected chi connectivity index (χ1v) is 12.5. The molecule has 2 unspecified atom stereocenters. The largest absolute Gasteiger partial charge is 0.493 e. The molecule has 2 N–H and O–H groups in total. The second kappa shape index (κ2) is 12.1. The molecule has 3 rings (SSSR count). The molecule has 1 heterocycles. The van der Waals surface area contributed by atoms with E-state index in [9.17, 15) is 19.5 Å². The molecule has 0 bridgehead atoms. The van der Waals surface area contributed by atoms with E-state index in [0.717, 1.165) is 37.7 Å². The molecule has 1 aliphatic carbocycles. The Bertz CT molecular complexity index is 899. The minimum atomic E-state index is -0.992. The highest BCUT2D eigenvalue weighted by molar-refractivity contribution is 5.89. The normalized spacial score (nSPS) is 21.2. The summed E-state index contributed by atoms with van der Waals surface area (Å²) in [7, 11) is 3.11. The Labute approximate surface area is 207 Å². The first-order valence-electron chi connectivity index (χ1n) is 12.5. The summed E-state index contributed by atoms with van der Waals surface area (Å²) in [5.41, 5.74) is 0.841. The summed E-state index contributed by atoms with van der Waals surface area (Å²) in [6.07, 6.45) is 5.37. The number of carboxylic acid groups (broad SMARTS) is 1. The highest BCUT2D eigenvalue weighted by Crippen LogP contribution is 2.30. The maximum Gasteiger partial charge on any atom is 0.318 e. The molecule has 9 nitrogen and oxygen atoms in total. The van der Waals surface area contributed by atoms with Gasteiger partial charge in [-0.3, -0.25) is 9.59 Å². The monoisotopic (exact) mass is 489 g/mol. The molecule has 1 aromatic rings. The maximum absolute atomic E-state index is 13.7. The molecule has 1 saturated carbocycles. The Balaban J connectivity index is 1.87. The number of carboxylic acids is 1. The molecule has 1 aliphatic heterocycles. The van der Waals surface area contributed by atoms with Crippen LogP contribution in [0.25, 0.3) is 0 Å². The fraction of sp³-hybridized carbons (Fsp3) is 0.654. The number of methoxy groups -OCH3 is 2. The van der Waals surface area contributed by atoms with Crippen LogP contribution < -0.4 is 14.8 Å². The Morgan fingerprint density at radius 1 is 1.11 bits per heavy atom. The van der Waals surface area contributed by atoms with Crippen LogP contribution in [0, 0.1) is 5.92 Å². The first kappa shape index (κ1) is 26.6. The molecule has 2 aliphatic rings. The van der Waals surface area contributed by atoms with E-state index in [1.54, 1.807) is 25.2 Å². The number of nitrogens with one attached hydrogen (secondary N) is 1. The van der Waals surface area contributed by atoms with Crippen molar-refractivity contribution >= 4 is 17.9 Å². The molecule has 9 heteroatoms. The van der Waals surface area contributed by atoms with Crippen molar-refractivity contribution < 1.29 is 29.0 Å². The molecule has 194 valence electrons. The number of carbonyl (C=O) groups excluding carboxylic acids is 2. The van der Waals surface area contributed by atoms with Gasteiger partial charge in [0.15, 0.2) is 11.5 Å². The van der Waals surface area contributed by atoms with E-state index in [1.807, 2.05) is 26.0 Å². The lowest BCUT2D eigenvalue weighted by Crippen LogP contribution is -2.66. The van der Waals surface area contributed by atoms with E-state index in [-0.39, 0.29) is 36.9 Å². The maximum atomic E-state index is 13.7. The number of hydrogen-bond donors (Lipinski definition) is 2. The fourth-order valence-corrected chi connectivity index (χ4v) is 5.19. The van der Waals surface area contributed by atoms with Gasteiger partial charge in [0.1, 0.15) is 6.04 Å². The number of ether oxygens (including phenoxy) is 2. The summed E-state index contributed by atoms with van der Waals surface area (Å²) >= 11 is 0. The third kappa shape index (κ3) is 6.80. The standard InChI is InChI=1S/C26H39N3O6/c1-17(2)12-21-25(32)28(15-18-10-11-22(34-3)23(13-18)35-4)16-20(14-24(30)31)29(21)26(33)27-19-8-6-5-7-9-19/h10-11,13,17,19-21H,5-9,12,14-16H2,1-4H3,(H,27,33)(H,30,31). The van der Waals surface area contributed by atoms with Gasteiger partial charge >= 0.3 is 12.0 Å². The van der Waals surface area contributed by atoms with Gasteiger partial charge in [-0.25, -0.2) is 4.79 Å². The molecule has 2 atom stereocenters. The zero-order valence-corrected chi connectivity index (χ0v) is 21.3. The molecule has 2 fully saturated rings. The Morgan fingerprint density at radius 3 is 2.40 bits per heavy atom. The number of carbonyl (C=O) groups is 3. The molecule has 1 aromatic carbocycles. The molecule has 0 radical (unpaired) electrons. The van der Waals surface area contributed by atoms with Crippen molar-refractivity contribution in [2.75, 3.05) is 20.8 Å². The van der Waals surface area contributed by atoms with Gasteiger partial charge in [-0.2, -0.15) is 0 Å². The van der Waals surface area contributed by atoms with Crippen molar-refractivity contribution in [1.29, 1.82) is 0 Å². The van der Waals surface area contributed by atoms with Crippen LogP contribution in [-0.2, 0) is 16.1 Å². The zero-order valence-electron chi connectivity index (χ0n) is 21.3. The van der Waals surface area contributed by atoms with Crippen molar-refractivity contribution in [2.45, 2.75) is 83.5 Å². The number of aliphatic carboxylic acids is 1. The van der Waals surface area contributed by atoms with Crippen molar-refractivity contribution in [3.05, 3.63) is 23.8 Å². The van der Waals surface area contributed by atoms with Crippen molar-refractivity contribution in [1.82, 2.24) is 15.1 Å². The minimum Gasteiger partial charge on any atom is -0.493 e. The van der Waals surface area contributed by atoms with Crippen LogP contribution in [-0.4, -0.2) is 71.7 Å². The number of hydrogen-bond acceptors (Lipinski definition) is 5. The van der Waals surface area contributed by atoms with Crippen molar-refractivity contribution in [3.8, 4) is 11.5 Å². The van der Waals surface area contributed by atoms with E-state index in [0.29, 0.717) is 24.5 Å². The molecule has 35 heavy (non-hydrogen) atoms. The van der Waals surface area contributed by atoms with Crippen LogP contribution in [0.15, 0.2) is 18.2 Å². The lowest BCUT2D eigenvalue weighted by molar-refractivity contribution is -0.148.